The number of ether oxygens (including phenoxy) is 1. The van der Waals surface area contributed by atoms with Crippen LogP contribution in [-0.2, 0) is 4.79 Å². The highest BCUT2D eigenvalue weighted by Gasteiger charge is 2.31. The molecule has 2 heterocycles. The van der Waals surface area contributed by atoms with Gasteiger partial charge < -0.3 is 15.0 Å². The Kier molecular flexibility index (Phi) is 4.70. The van der Waals surface area contributed by atoms with Crippen LogP contribution in [0.2, 0.25) is 0 Å². The number of carbonyl (C=O) groups excluding carboxylic acids is 1. The largest absolute Gasteiger partial charge is 0.480 e. The van der Waals surface area contributed by atoms with Crippen LogP contribution in [0.1, 0.15) is 27.2 Å². The normalized spacial score (nSPS) is 18.7. The molecule has 0 spiro atoms. The quantitative estimate of drug-likeness (QED) is 0.896. The highest BCUT2D eigenvalue weighted by atomic mass is 79.9. The molecule has 1 saturated heterocycles. The second-order valence-electron chi connectivity index (χ2n) is 6.20. The molecule has 0 radical (unpaired) electrons. The summed E-state index contributed by atoms with van der Waals surface area (Å²) in [6, 6.07) is 0. The van der Waals surface area contributed by atoms with Gasteiger partial charge in [-0.1, -0.05) is 0 Å². The van der Waals surface area contributed by atoms with Crippen molar-refractivity contribution in [1.29, 1.82) is 0 Å². The summed E-state index contributed by atoms with van der Waals surface area (Å²) in [5.41, 5.74) is -0.207. The molecule has 1 amide bonds. The summed E-state index contributed by atoms with van der Waals surface area (Å²) < 4.78 is 5.90. The summed E-state index contributed by atoms with van der Waals surface area (Å²) in [6.07, 6.45) is 2.48. The van der Waals surface area contributed by atoms with Crippen LogP contribution < -0.4 is 15.0 Å². The fourth-order valence-electron chi connectivity index (χ4n) is 2.27. The molecular weight excluding hydrogens is 336 g/mol. The van der Waals surface area contributed by atoms with E-state index >= 15 is 0 Å². The highest BCUT2D eigenvalue weighted by molar-refractivity contribution is 9.10. The lowest BCUT2D eigenvalue weighted by Gasteiger charge is -2.23. The molecule has 0 aromatic carbocycles. The Morgan fingerprint density at radius 3 is 2.86 bits per heavy atom. The molecule has 21 heavy (non-hydrogen) atoms. The average molecular weight is 357 g/mol. The molecule has 0 saturated carbocycles. The summed E-state index contributed by atoms with van der Waals surface area (Å²) in [4.78, 5) is 22.9. The molecule has 2 rings (SSSR count). The molecule has 1 unspecified atom stereocenters. The first-order valence-electron chi connectivity index (χ1n) is 6.93. The number of hydrogen-bond donors (Lipinski definition) is 1. The highest BCUT2D eigenvalue weighted by Crippen LogP contribution is 2.26. The van der Waals surface area contributed by atoms with E-state index in [4.69, 9.17) is 4.74 Å². The predicted octanol–water partition coefficient (Wildman–Crippen LogP) is 1.99. The number of methoxy groups -OCH3 is 1. The Bertz CT molecular complexity index is 530. The van der Waals surface area contributed by atoms with Gasteiger partial charge in [0.25, 0.3) is 0 Å². The van der Waals surface area contributed by atoms with Gasteiger partial charge in [-0.05, 0) is 43.1 Å². The molecule has 1 aliphatic heterocycles. The van der Waals surface area contributed by atoms with Crippen molar-refractivity contribution in [3.05, 3.63) is 10.7 Å². The molecule has 1 N–H and O–H groups in total. The number of amides is 1. The third kappa shape index (κ3) is 4.06. The monoisotopic (exact) mass is 356 g/mol. The first-order valence-corrected chi connectivity index (χ1v) is 7.73. The van der Waals surface area contributed by atoms with Gasteiger partial charge in [-0.15, -0.1) is 0 Å². The van der Waals surface area contributed by atoms with E-state index in [9.17, 15) is 4.79 Å². The standard InChI is InChI=1S/C14H21BrN4O2/c1-14(2,3)18-11(20)9-5-6-19(8-9)13-16-7-10(15)12(17-13)21-4/h7,9H,5-6,8H2,1-4H3,(H,18,20). The number of anilines is 1. The van der Waals surface area contributed by atoms with Crippen LogP contribution in [0.15, 0.2) is 10.7 Å². The number of nitrogens with one attached hydrogen (secondary N) is 1. The van der Waals surface area contributed by atoms with Crippen molar-refractivity contribution in [2.75, 3.05) is 25.1 Å². The number of rotatable bonds is 3. The second-order valence-corrected chi connectivity index (χ2v) is 7.05. The van der Waals surface area contributed by atoms with Gasteiger partial charge in [-0.3, -0.25) is 4.79 Å². The maximum Gasteiger partial charge on any atom is 0.232 e. The van der Waals surface area contributed by atoms with Crippen molar-refractivity contribution >= 4 is 27.8 Å². The van der Waals surface area contributed by atoms with Crippen molar-refractivity contribution in [3.8, 4) is 5.88 Å². The molecule has 0 bridgehead atoms. The van der Waals surface area contributed by atoms with Crippen molar-refractivity contribution in [2.45, 2.75) is 32.7 Å². The van der Waals surface area contributed by atoms with Crippen molar-refractivity contribution in [1.82, 2.24) is 15.3 Å². The summed E-state index contributed by atoms with van der Waals surface area (Å²) >= 11 is 3.33. The summed E-state index contributed by atoms with van der Waals surface area (Å²) in [7, 11) is 1.57. The van der Waals surface area contributed by atoms with Gasteiger partial charge >= 0.3 is 0 Å². The first kappa shape index (κ1) is 16.0. The fourth-order valence-corrected chi connectivity index (χ4v) is 2.62. The Morgan fingerprint density at radius 1 is 1.52 bits per heavy atom. The van der Waals surface area contributed by atoms with Gasteiger partial charge in [0.2, 0.25) is 17.7 Å². The van der Waals surface area contributed by atoms with E-state index in [0.717, 1.165) is 17.4 Å². The van der Waals surface area contributed by atoms with Gasteiger partial charge in [-0.25, -0.2) is 4.98 Å². The Labute approximate surface area is 133 Å². The maximum absolute atomic E-state index is 12.2. The van der Waals surface area contributed by atoms with Gasteiger partial charge in [0.05, 0.1) is 23.7 Å². The predicted molar refractivity (Wildman–Crippen MR) is 84.5 cm³/mol. The van der Waals surface area contributed by atoms with Crippen LogP contribution in [-0.4, -0.2) is 41.6 Å². The number of halogens is 1. The molecule has 7 heteroatoms. The Hall–Kier alpha value is -1.37. The third-order valence-electron chi connectivity index (χ3n) is 3.23. The van der Waals surface area contributed by atoms with Gasteiger partial charge in [0.15, 0.2) is 0 Å². The van der Waals surface area contributed by atoms with Gasteiger partial charge in [-0.2, -0.15) is 4.98 Å². The van der Waals surface area contributed by atoms with Crippen LogP contribution in [0, 0.1) is 5.92 Å². The van der Waals surface area contributed by atoms with E-state index in [1.165, 1.54) is 0 Å². The lowest BCUT2D eigenvalue weighted by atomic mass is 10.0. The lowest BCUT2D eigenvalue weighted by molar-refractivity contribution is -0.125. The number of hydrogen-bond acceptors (Lipinski definition) is 5. The van der Waals surface area contributed by atoms with E-state index in [2.05, 4.69) is 31.2 Å². The minimum atomic E-state index is -0.207. The SMILES string of the molecule is COc1nc(N2CCC(C(=O)NC(C)(C)C)C2)ncc1Br. The summed E-state index contributed by atoms with van der Waals surface area (Å²) in [5.74, 6) is 1.17. The van der Waals surface area contributed by atoms with E-state index in [1.807, 2.05) is 25.7 Å². The molecule has 116 valence electrons. The van der Waals surface area contributed by atoms with Gasteiger partial charge in [0, 0.05) is 18.6 Å². The topological polar surface area (TPSA) is 67.3 Å². The molecule has 1 aliphatic rings. The van der Waals surface area contributed by atoms with E-state index < -0.39 is 0 Å². The second kappa shape index (κ2) is 6.17. The smallest absolute Gasteiger partial charge is 0.232 e. The van der Waals surface area contributed by atoms with Crippen molar-refractivity contribution < 1.29 is 9.53 Å². The number of aromatic nitrogens is 2. The minimum absolute atomic E-state index is 0.0255. The van der Waals surface area contributed by atoms with Crippen molar-refractivity contribution in [2.24, 2.45) is 5.92 Å². The van der Waals surface area contributed by atoms with Crippen LogP contribution in [0.4, 0.5) is 5.95 Å². The molecular formula is C14H21BrN4O2. The van der Waals surface area contributed by atoms with Crippen LogP contribution in [0.25, 0.3) is 0 Å². The summed E-state index contributed by atoms with van der Waals surface area (Å²) in [6.45, 7) is 7.36. The number of carbonyl (C=O) groups is 1. The Morgan fingerprint density at radius 2 is 2.24 bits per heavy atom. The molecule has 6 nitrogen and oxygen atoms in total. The number of nitrogens with zero attached hydrogens (tertiary/aromatic N) is 3. The molecule has 1 atom stereocenters. The molecule has 1 fully saturated rings. The summed E-state index contributed by atoms with van der Waals surface area (Å²) in [5, 5.41) is 3.03. The lowest BCUT2D eigenvalue weighted by Crippen LogP contribution is -2.44. The van der Waals surface area contributed by atoms with Crippen LogP contribution in [0.5, 0.6) is 5.88 Å². The zero-order valence-electron chi connectivity index (χ0n) is 12.8. The van der Waals surface area contributed by atoms with Gasteiger partial charge in [0.1, 0.15) is 0 Å². The van der Waals surface area contributed by atoms with Crippen molar-refractivity contribution in [3.63, 3.8) is 0 Å². The molecule has 0 aliphatic carbocycles. The fraction of sp³-hybridized carbons (Fsp3) is 0.643. The zero-order chi connectivity index (χ0) is 15.6. The van der Waals surface area contributed by atoms with E-state index in [0.29, 0.717) is 18.4 Å². The molecule has 1 aromatic heterocycles. The van der Waals surface area contributed by atoms with E-state index in [-0.39, 0.29) is 17.4 Å². The first-order chi connectivity index (χ1) is 9.80. The maximum atomic E-state index is 12.2. The zero-order valence-corrected chi connectivity index (χ0v) is 14.4. The van der Waals surface area contributed by atoms with E-state index in [1.54, 1.807) is 13.3 Å². The Balaban J connectivity index is 2.04. The average Bonchev–Trinajstić information content (AvgIpc) is 2.87. The van der Waals surface area contributed by atoms with Crippen LogP contribution >= 0.6 is 15.9 Å². The third-order valence-corrected chi connectivity index (χ3v) is 3.78. The minimum Gasteiger partial charge on any atom is -0.480 e. The van der Waals surface area contributed by atoms with Crippen LogP contribution in [0.3, 0.4) is 0 Å². The molecule has 1 aromatic rings.